The fraction of sp³-hybridized carbons (Fsp3) is 0.400. The molecule has 2 heterocycles. The van der Waals surface area contributed by atoms with Crippen LogP contribution in [0, 0.1) is 0 Å². The first-order valence-electron chi connectivity index (χ1n) is 11.0. The number of carbonyl (C=O) groups is 1. The van der Waals surface area contributed by atoms with E-state index < -0.39 is 17.7 Å². The SMILES string of the molecule is COc1cccc(OC(C)=O)c1OCCCc1cn(-c2ccc(C(F)(F)F)cn2)nc1C(C)(C)C. The van der Waals surface area contributed by atoms with Crippen LogP contribution in [0.2, 0.25) is 0 Å². The van der Waals surface area contributed by atoms with Crippen molar-refractivity contribution in [1.29, 1.82) is 0 Å². The molecule has 35 heavy (non-hydrogen) atoms. The Morgan fingerprint density at radius 2 is 1.80 bits per heavy atom. The zero-order chi connectivity index (χ0) is 25.8. The van der Waals surface area contributed by atoms with E-state index in [0.717, 1.165) is 23.5 Å². The molecule has 0 amide bonds. The first-order chi connectivity index (χ1) is 16.4. The van der Waals surface area contributed by atoms with Crippen molar-refractivity contribution in [2.45, 2.75) is 52.1 Å². The summed E-state index contributed by atoms with van der Waals surface area (Å²) < 4.78 is 56.5. The molecule has 1 aromatic carbocycles. The van der Waals surface area contributed by atoms with Gasteiger partial charge in [0.25, 0.3) is 0 Å². The highest BCUT2D eigenvalue weighted by atomic mass is 19.4. The second-order valence-corrected chi connectivity index (χ2v) is 8.93. The highest BCUT2D eigenvalue weighted by molar-refractivity contribution is 5.71. The monoisotopic (exact) mass is 491 g/mol. The average molecular weight is 492 g/mol. The van der Waals surface area contributed by atoms with Crippen LogP contribution in [-0.4, -0.2) is 34.5 Å². The molecule has 0 unspecified atom stereocenters. The van der Waals surface area contributed by atoms with Gasteiger partial charge in [0.1, 0.15) is 0 Å². The molecular formula is C25H28F3N3O4. The van der Waals surface area contributed by atoms with Crippen LogP contribution in [0.4, 0.5) is 13.2 Å². The molecule has 0 aliphatic heterocycles. The van der Waals surface area contributed by atoms with Crippen molar-refractivity contribution in [1.82, 2.24) is 14.8 Å². The number of para-hydroxylation sites is 1. The molecule has 0 bridgehead atoms. The molecule has 0 N–H and O–H groups in total. The van der Waals surface area contributed by atoms with Gasteiger partial charge in [0.15, 0.2) is 17.3 Å². The Balaban J connectivity index is 1.76. The van der Waals surface area contributed by atoms with Gasteiger partial charge in [0.2, 0.25) is 5.75 Å². The molecule has 7 nitrogen and oxygen atoms in total. The van der Waals surface area contributed by atoms with Crippen LogP contribution in [0.3, 0.4) is 0 Å². The summed E-state index contributed by atoms with van der Waals surface area (Å²) in [7, 11) is 1.50. The van der Waals surface area contributed by atoms with Crippen molar-refractivity contribution in [2.24, 2.45) is 0 Å². The maximum absolute atomic E-state index is 12.9. The van der Waals surface area contributed by atoms with Gasteiger partial charge >= 0.3 is 12.1 Å². The lowest BCUT2D eigenvalue weighted by molar-refractivity contribution is -0.138. The van der Waals surface area contributed by atoms with Crippen molar-refractivity contribution in [2.75, 3.05) is 13.7 Å². The molecule has 3 rings (SSSR count). The van der Waals surface area contributed by atoms with Gasteiger partial charge in [-0.2, -0.15) is 18.3 Å². The third-order valence-electron chi connectivity index (χ3n) is 5.06. The van der Waals surface area contributed by atoms with Crippen molar-refractivity contribution in [3.63, 3.8) is 0 Å². The fourth-order valence-corrected chi connectivity index (χ4v) is 3.50. The van der Waals surface area contributed by atoms with E-state index in [1.807, 2.05) is 20.8 Å². The Morgan fingerprint density at radius 3 is 2.37 bits per heavy atom. The molecule has 10 heteroatoms. The number of nitrogens with zero attached hydrogens (tertiary/aromatic N) is 3. The maximum Gasteiger partial charge on any atom is 0.417 e. The summed E-state index contributed by atoms with van der Waals surface area (Å²) in [5.41, 5.74) is 0.643. The molecule has 0 saturated heterocycles. The standard InChI is InChI=1S/C25H28F3N3O4/c1-16(32)35-20-10-6-9-19(33-5)22(20)34-13-7-8-17-15-31(30-23(17)24(2,3)4)21-12-11-18(14-29-21)25(26,27)28/h6,9-12,14-15H,7-8,13H2,1-5H3. The van der Waals surface area contributed by atoms with Gasteiger partial charge in [0, 0.05) is 24.7 Å². The zero-order valence-electron chi connectivity index (χ0n) is 20.3. The number of benzene rings is 1. The number of pyridine rings is 1. The minimum atomic E-state index is -4.45. The van der Waals surface area contributed by atoms with Crippen LogP contribution in [0.5, 0.6) is 17.2 Å². The van der Waals surface area contributed by atoms with Crippen molar-refractivity contribution in [3.05, 3.63) is 59.5 Å². The molecule has 0 spiro atoms. The highest BCUT2D eigenvalue weighted by Crippen LogP contribution is 2.37. The van der Waals surface area contributed by atoms with Gasteiger partial charge in [-0.25, -0.2) is 9.67 Å². The molecule has 0 aliphatic rings. The van der Waals surface area contributed by atoms with E-state index in [4.69, 9.17) is 14.2 Å². The number of rotatable bonds is 8. The number of hydrogen-bond donors (Lipinski definition) is 0. The van der Waals surface area contributed by atoms with Crippen molar-refractivity contribution >= 4 is 5.97 Å². The summed E-state index contributed by atoms with van der Waals surface area (Å²) in [6, 6.07) is 7.32. The van der Waals surface area contributed by atoms with Crippen LogP contribution in [0.15, 0.2) is 42.7 Å². The maximum atomic E-state index is 12.9. The quantitative estimate of drug-likeness (QED) is 0.234. The Morgan fingerprint density at radius 1 is 1.09 bits per heavy atom. The predicted octanol–water partition coefficient (Wildman–Crippen LogP) is 5.53. The predicted molar refractivity (Wildman–Crippen MR) is 123 cm³/mol. The molecule has 0 fully saturated rings. The zero-order valence-corrected chi connectivity index (χ0v) is 20.3. The van der Waals surface area contributed by atoms with Crippen LogP contribution in [0.1, 0.15) is 50.9 Å². The second kappa shape index (κ2) is 10.4. The lowest BCUT2D eigenvalue weighted by Crippen LogP contribution is -2.15. The van der Waals surface area contributed by atoms with E-state index in [0.29, 0.717) is 36.8 Å². The number of halogens is 3. The highest BCUT2D eigenvalue weighted by Gasteiger charge is 2.31. The molecule has 188 valence electrons. The minimum Gasteiger partial charge on any atom is -0.493 e. The summed E-state index contributed by atoms with van der Waals surface area (Å²) in [5.74, 6) is 0.882. The molecule has 0 radical (unpaired) electrons. The Labute approximate surface area is 201 Å². The number of ether oxygens (including phenoxy) is 3. The normalized spacial score (nSPS) is 11.9. The van der Waals surface area contributed by atoms with E-state index in [9.17, 15) is 18.0 Å². The molecule has 0 aliphatic carbocycles. The lowest BCUT2D eigenvalue weighted by atomic mass is 9.88. The number of aromatic nitrogens is 3. The van der Waals surface area contributed by atoms with Crippen LogP contribution >= 0.6 is 0 Å². The summed E-state index contributed by atoms with van der Waals surface area (Å²) in [6.45, 7) is 7.66. The van der Waals surface area contributed by atoms with Crippen molar-refractivity contribution < 1.29 is 32.2 Å². The molecule has 3 aromatic rings. The Kier molecular flexibility index (Phi) is 7.72. The van der Waals surface area contributed by atoms with Gasteiger partial charge in [-0.05, 0) is 42.7 Å². The van der Waals surface area contributed by atoms with Gasteiger partial charge in [-0.15, -0.1) is 0 Å². The van der Waals surface area contributed by atoms with Crippen molar-refractivity contribution in [3.8, 4) is 23.1 Å². The third kappa shape index (κ3) is 6.52. The number of hydrogen-bond acceptors (Lipinski definition) is 6. The molecule has 0 atom stereocenters. The summed E-state index contributed by atoms with van der Waals surface area (Å²) in [4.78, 5) is 15.4. The van der Waals surface area contributed by atoms with Crippen LogP contribution in [-0.2, 0) is 22.8 Å². The summed E-state index contributed by atoms with van der Waals surface area (Å²) >= 11 is 0. The fourth-order valence-electron chi connectivity index (χ4n) is 3.50. The first-order valence-corrected chi connectivity index (χ1v) is 11.0. The van der Waals surface area contributed by atoms with E-state index in [-0.39, 0.29) is 11.2 Å². The Hall–Kier alpha value is -3.56. The van der Waals surface area contributed by atoms with Gasteiger partial charge < -0.3 is 14.2 Å². The summed E-state index contributed by atoms with van der Waals surface area (Å²) in [6.07, 6.45) is -0.662. The van der Waals surface area contributed by atoms with Gasteiger partial charge in [-0.3, -0.25) is 4.79 Å². The van der Waals surface area contributed by atoms with Crippen LogP contribution in [0.25, 0.3) is 5.82 Å². The first kappa shape index (κ1) is 26.1. The smallest absolute Gasteiger partial charge is 0.417 e. The number of carbonyl (C=O) groups excluding carboxylic acids is 1. The van der Waals surface area contributed by atoms with Gasteiger partial charge in [0.05, 0.1) is 25.0 Å². The van der Waals surface area contributed by atoms with Gasteiger partial charge in [-0.1, -0.05) is 26.8 Å². The number of aryl methyl sites for hydroxylation is 1. The molecule has 0 saturated carbocycles. The van der Waals surface area contributed by atoms with E-state index in [2.05, 4.69) is 10.1 Å². The topological polar surface area (TPSA) is 75.5 Å². The third-order valence-corrected chi connectivity index (χ3v) is 5.06. The number of alkyl halides is 3. The lowest BCUT2D eigenvalue weighted by Gasteiger charge is -2.18. The number of esters is 1. The summed E-state index contributed by atoms with van der Waals surface area (Å²) in [5, 5.41) is 4.61. The largest absolute Gasteiger partial charge is 0.493 e. The average Bonchev–Trinajstić information content (AvgIpc) is 3.21. The Bertz CT molecular complexity index is 1170. The van der Waals surface area contributed by atoms with E-state index >= 15 is 0 Å². The van der Waals surface area contributed by atoms with E-state index in [1.54, 1.807) is 24.4 Å². The molecular weight excluding hydrogens is 463 g/mol. The second-order valence-electron chi connectivity index (χ2n) is 8.93. The van der Waals surface area contributed by atoms with E-state index in [1.165, 1.54) is 24.8 Å². The van der Waals surface area contributed by atoms with Crippen LogP contribution < -0.4 is 14.2 Å². The minimum absolute atomic E-state index is 0.272. The molecule has 2 aromatic heterocycles. The number of methoxy groups -OCH3 is 1.